The predicted octanol–water partition coefficient (Wildman–Crippen LogP) is 2.41. The van der Waals surface area contributed by atoms with Crippen LogP contribution in [0, 0.1) is 0 Å². The van der Waals surface area contributed by atoms with E-state index in [1.807, 2.05) is 36.3 Å². The Kier molecular flexibility index (Phi) is 6.81. The number of thioether (sulfide) groups is 1. The van der Waals surface area contributed by atoms with Crippen LogP contribution in [0.5, 0.6) is 0 Å². The van der Waals surface area contributed by atoms with Crippen molar-refractivity contribution in [2.45, 2.75) is 13.0 Å². The number of hydrogen-bond acceptors (Lipinski definition) is 3. The van der Waals surface area contributed by atoms with Crippen molar-refractivity contribution in [2.75, 3.05) is 31.1 Å². The van der Waals surface area contributed by atoms with Gasteiger partial charge in [0, 0.05) is 37.7 Å². The lowest BCUT2D eigenvalue weighted by Crippen LogP contribution is -2.42. The molecule has 1 aliphatic heterocycles. The largest absolute Gasteiger partial charge is 0.370 e. The van der Waals surface area contributed by atoms with Crippen LogP contribution in [0.4, 0.5) is 0 Å². The van der Waals surface area contributed by atoms with Crippen molar-refractivity contribution in [2.24, 2.45) is 10.7 Å². The molecule has 0 atom stereocenters. The molecule has 1 aromatic heterocycles. The third-order valence-corrected chi connectivity index (χ3v) is 4.64. The Labute approximate surface area is 152 Å². The molecule has 120 valence electrons. The number of hydrogen-bond donors (Lipinski definition) is 1. The molecule has 1 aromatic carbocycles. The fourth-order valence-electron chi connectivity index (χ4n) is 2.52. The maximum Gasteiger partial charge on any atom is 0.191 e. The third-order valence-electron chi connectivity index (χ3n) is 3.69. The molecule has 1 saturated heterocycles. The van der Waals surface area contributed by atoms with E-state index in [9.17, 15) is 0 Å². The van der Waals surface area contributed by atoms with Gasteiger partial charge in [0.2, 0.25) is 0 Å². The molecule has 0 spiro atoms. The van der Waals surface area contributed by atoms with E-state index in [1.165, 1.54) is 5.52 Å². The maximum atomic E-state index is 6.05. The Morgan fingerprint density at radius 1 is 1.27 bits per heavy atom. The summed E-state index contributed by atoms with van der Waals surface area (Å²) in [5.41, 5.74) is 8.28. The van der Waals surface area contributed by atoms with Crippen LogP contribution in [-0.4, -0.2) is 51.6 Å². The van der Waals surface area contributed by atoms with Crippen molar-refractivity contribution in [1.29, 1.82) is 0 Å². The number of para-hydroxylation sites is 2. The van der Waals surface area contributed by atoms with E-state index in [0.717, 1.165) is 49.6 Å². The Bertz CT molecular complexity index is 621. The molecule has 0 radical (unpaired) electrons. The number of aliphatic imine (C=N–C) groups is 1. The lowest BCUT2D eigenvalue weighted by atomic mass is 10.3. The number of aromatic nitrogens is 2. The molecule has 3 rings (SSSR count). The van der Waals surface area contributed by atoms with Gasteiger partial charge in [-0.3, -0.25) is 4.99 Å². The average Bonchev–Trinajstić information content (AvgIpc) is 2.95. The third kappa shape index (κ3) is 4.28. The van der Waals surface area contributed by atoms with Gasteiger partial charge in [0.05, 0.1) is 17.4 Å². The van der Waals surface area contributed by atoms with E-state index in [4.69, 9.17) is 5.73 Å². The minimum Gasteiger partial charge on any atom is -0.370 e. The summed E-state index contributed by atoms with van der Waals surface area (Å²) in [5.74, 6) is 3.00. The number of imidazole rings is 1. The zero-order chi connectivity index (χ0) is 14.5. The van der Waals surface area contributed by atoms with Gasteiger partial charge in [-0.15, -0.1) is 24.0 Å². The highest BCUT2D eigenvalue weighted by molar-refractivity contribution is 14.0. The summed E-state index contributed by atoms with van der Waals surface area (Å²) in [6.07, 6.45) is 2.88. The van der Waals surface area contributed by atoms with E-state index in [-0.39, 0.29) is 24.0 Å². The van der Waals surface area contributed by atoms with Crippen molar-refractivity contribution in [1.82, 2.24) is 14.5 Å². The average molecular weight is 431 g/mol. The highest BCUT2D eigenvalue weighted by Gasteiger charge is 2.11. The van der Waals surface area contributed by atoms with Crippen LogP contribution in [0.15, 0.2) is 35.6 Å². The monoisotopic (exact) mass is 431 g/mol. The topological polar surface area (TPSA) is 59.4 Å². The zero-order valence-electron chi connectivity index (χ0n) is 12.5. The summed E-state index contributed by atoms with van der Waals surface area (Å²) in [4.78, 5) is 11.1. The fraction of sp³-hybridized carbons (Fsp3) is 0.467. The predicted molar refractivity (Wildman–Crippen MR) is 105 cm³/mol. The first kappa shape index (κ1) is 17.4. The molecule has 0 bridgehead atoms. The van der Waals surface area contributed by atoms with Crippen molar-refractivity contribution >= 4 is 52.7 Å². The Morgan fingerprint density at radius 3 is 2.86 bits per heavy atom. The Hall–Kier alpha value is -0.960. The SMILES string of the molecule is I.NC(=NCCCn1cnc2ccccc21)N1CCSCC1. The second-order valence-electron chi connectivity index (χ2n) is 5.12. The van der Waals surface area contributed by atoms with Gasteiger partial charge in [-0.2, -0.15) is 11.8 Å². The molecule has 5 nitrogen and oxygen atoms in total. The van der Waals surface area contributed by atoms with Gasteiger partial charge < -0.3 is 15.2 Å². The first-order chi connectivity index (χ1) is 10.3. The Balaban J connectivity index is 0.00000176. The molecule has 1 aliphatic rings. The maximum absolute atomic E-state index is 6.05. The van der Waals surface area contributed by atoms with Crippen LogP contribution in [-0.2, 0) is 6.54 Å². The molecule has 2 N–H and O–H groups in total. The number of benzene rings is 1. The molecular formula is C15H22IN5S. The molecule has 2 aromatic rings. The smallest absolute Gasteiger partial charge is 0.191 e. The molecule has 0 saturated carbocycles. The molecule has 0 amide bonds. The molecule has 7 heteroatoms. The van der Waals surface area contributed by atoms with Crippen LogP contribution >= 0.6 is 35.7 Å². The van der Waals surface area contributed by atoms with Gasteiger partial charge in [-0.25, -0.2) is 4.98 Å². The second kappa shape index (κ2) is 8.61. The van der Waals surface area contributed by atoms with E-state index in [1.54, 1.807) is 0 Å². The fourth-order valence-corrected chi connectivity index (χ4v) is 3.42. The number of fused-ring (bicyclic) bond motifs is 1. The molecular weight excluding hydrogens is 409 g/mol. The highest BCUT2D eigenvalue weighted by atomic mass is 127. The minimum absolute atomic E-state index is 0. The standard InChI is InChI=1S/C15H21N5S.HI/c16-15(19-8-10-21-11-9-19)17-6-3-7-20-12-18-13-4-1-2-5-14(13)20;/h1-2,4-5,12H,3,6-11H2,(H2,16,17);1H. The summed E-state index contributed by atoms with van der Waals surface area (Å²) in [7, 11) is 0. The summed E-state index contributed by atoms with van der Waals surface area (Å²) in [6.45, 7) is 3.73. The first-order valence-corrected chi connectivity index (χ1v) is 8.52. The summed E-state index contributed by atoms with van der Waals surface area (Å²) < 4.78 is 2.18. The number of halogens is 1. The van der Waals surface area contributed by atoms with E-state index in [2.05, 4.69) is 25.5 Å². The number of rotatable bonds is 4. The van der Waals surface area contributed by atoms with Gasteiger partial charge in [0.15, 0.2) is 5.96 Å². The minimum atomic E-state index is 0. The van der Waals surface area contributed by atoms with Crippen molar-refractivity contribution < 1.29 is 0 Å². The van der Waals surface area contributed by atoms with Crippen LogP contribution in [0.3, 0.4) is 0 Å². The lowest BCUT2D eigenvalue weighted by Gasteiger charge is -2.27. The van der Waals surface area contributed by atoms with Crippen molar-refractivity contribution in [3.63, 3.8) is 0 Å². The quantitative estimate of drug-likeness (QED) is 0.350. The van der Waals surface area contributed by atoms with Gasteiger partial charge in [-0.1, -0.05) is 12.1 Å². The van der Waals surface area contributed by atoms with Gasteiger partial charge in [-0.05, 0) is 18.6 Å². The first-order valence-electron chi connectivity index (χ1n) is 7.37. The second-order valence-corrected chi connectivity index (χ2v) is 6.34. The van der Waals surface area contributed by atoms with Crippen LogP contribution in [0.1, 0.15) is 6.42 Å². The zero-order valence-corrected chi connectivity index (χ0v) is 15.7. The summed E-state index contributed by atoms with van der Waals surface area (Å²) in [5, 5.41) is 0. The normalized spacial score (nSPS) is 15.8. The van der Waals surface area contributed by atoms with Crippen molar-refractivity contribution in [3.8, 4) is 0 Å². The van der Waals surface area contributed by atoms with E-state index >= 15 is 0 Å². The Morgan fingerprint density at radius 2 is 2.05 bits per heavy atom. The molecule has 0 aliphatic carbocycles. The molecule has 2 heterocycles. The highest BCUT2D eigenvalue weighted by Crippen LogP contribution is 2.12. The summed E-state index contributed by atoms with van der Waals surface area (Å²) in [6, 6.07) is 8.20. The van der Waals surface area contributed by atoms with Crippen LogP contribution in [0.2, 0.25) is 0 Å². The number of guanidine groups is 1. The van der Waals surface area contributed by atoms with Crippen molar-refractivity contribution in [3.05, 3.63) is 30.6 Å². The van der Waals surface area contributed by atoms with Crippen LogP contribution in [0.25, 0.3) is 11.0 Å². The van der Waals surface area contributed by atoms with E-state index in [0.29, 0.717) is 5.96 Å². The number of nitrogens with zero attached hydrogens (tertiary/aromatic N) is 4. The van der Waals surface area contributed by atoms with Gasteiger partial charge >= 0.3 is 0 Å². The summed E-state index contributed by atoms with van der Waals surface area (Å²) >= 11 is 1.98. The van der Waals surface area contributed by atoms with Crippen LogP contribution < -0.4 is 5.73 Å². The van der Waals surface area contributed by atoms with Gasteiger partial charge in [0.1, 0.15) is 0 Å². The van der Waals surface area contributed by atoms with Gasteiger partial charge in [0.25, 0.3) is 0 Å². The molecule has 0 unspecified atom stereocenters. The van der Waals surface area contributed by atoms with E-state index < -0.39 is 0 Å². The molecule has 22 heavy (non-hydrogen) atoms. The number of nitrogens with two attached hydrogens (primary N) is 1. The lowest BCUT2D eigenvalue weighted by molar-refractivity contribution is 0.455. The molecule has 1 fully saturated rings. The number of aryl methyl sites for hydroxylation is 1.